The number of nitrogens with one attached hydrogen (secondary N) is 1. The van der Waals surface area contributed by atoms with Crippen LogP contribution >= 0.6 is 12.6 Å². The molecule has 1 aliphatic rings. The van der Waals surface area contributed by atoms with Gasteiger partial charge in [-0.15, -0.1) is 12.6 Å². The Morgan fingerprint density at radius 3 is 2.75 bits per heavy atom. The lowest BCUT2D eigenvalue weighted by Gasteiger charge is -2.23. The van der Waals surface area contributed by atoms with E-state index in [0.29, 0.717) is 11.8 Å². The van der Waals surface area contributed by atoms with Crippen LogP contribution in [0.3, 0.4) is 0 Å². The van der Waals surface area contributed by atoms with Gasteiger partial charge in [-0.3, -0.25) is 0 Å². The van der Waals surface area contributed by atoms with Gasteiger partial charge in [0.2, 0.25) is 0 Å². The molecule has 1 aromatic rings. The monoisotopic (exact) mass is 237 g/mol. The Hall–Kier alpha value is -0.670. The highest BCUT2D eigenvalue weighted by Gasteiger charge is 2.13. The van der Waals surface area contributed by atoms with E-state index in [2.05, 4.69) is 17.9 Å². The van der Waals surface area contributed by atoms with Crippen LogP contribution in [0.15, 0.2) is 23.1 Å². The molecule has 1 fully saturated rings. The molecule has 88 valence electrons. The van der Waals surface area contributed by atoms with Crippen molar-refractivity contribution in [3.05, 3.63) is 23.8 Å². The standard InChI is InChI=1S/C13H19NOS/c15-13-7-6-12(16)8-10(13)9-14-11-4-2-1-3-5-11/h6-8,11,14-16H,1-5,9H2. The van der Waals surface area contributed by atoms with Gasteiger partial charge in [-0.25, -0.2) is 0 Å². The van der Waals surface area contributed by atoms with E-state index in [1.54, 1.807) is 6.07 Å². The van der Waals surface area contributed by atoms with Crippen molar-refractivity contribution in [2.45, 2.75) is 49.6 Å². The van der Waals surface area contributed by atoms with Crippen molar-refractivity contribution < 1.29 is 5.11 Å². The van der Waals surface area contributed by atoms with Gasteiger partial charge in [0.1, 0.15) is 5.75 Å². The first kappa shape index (κ1) is 11.8. The zero-order valence-electron chi connectivity index (χ0n) is 9.45. The first-order valence-electron chi connectivity index (χ1n) is 6.00. The lowest BCUT2D eigenvalue weighted by atomic mass is 9.95. The summed E-state index contributed by atoms with van der Waals surface area (Å²) in [7, 11) is 0. The molecule has 1 aromatic carbocycles. The fraction of sp³-hybridized carbons (Fsp3) is 0.538. The third-order valence-corrected chi connectivity index (χ3v) is 3.53. The van der Waals surface area contributed by atoms with Crippen LogP contribution in [0.4, 0.5) is 0 Å². The van der Waals surface area contributed by atoms with Crippen LogP contribution in [-0.2, 0) is 6.54 Å². The molecule has 0 heterocycles. The number of hydrogen-bond acceptors (Lipinski definition) is 3. The first-order valence-corrected chi connectivity index (χ1v) is 6.44. The minimum atomic E-state index is 0.362. The zero-order chi connectivity index (χ0) is 11.4. The number of benzene rings is 1. The van der Waals surface area contributed by atoms with Crippen molar-refractivity contribution in [2.24, 2.45) is 0 Å². The Bertz CT molecular complexity index is 348. The molecule has 0 aliphatic heterocycles. The number of hydrogen-bond donors (Lipinski definition) is 3. The van der Waals surface area contributed by atoms with Gasteiger partial charge in [0.05, 0.1) is 0 Å². The molecule has 0 unspecified atom stereocenters. The maximum absolute atomic E-state index is 9.69. The van der Waals surface area contributed by atoms with E-state index in [4.69, 9.17) is 0 Å². The van der Waals surface area contributed by atoms with Gasteiger partial charge in [0.25, 0.3) is 0 Å². The molecule has 0 amide bonds. The molecule has 0 atom stereocenters. The van der Waals surface area contributed by atoms with Crippen molar-refractivity contribution in [3.63, 3.8) is 0 Å². The van der Waals surface area contributed by atoms with Crippen molar-refractivity contribution in [2.75, 3.05) is 0 Å². The number of phenols is 1. The molecule has 0 radical (unpaired) electrons. The largest absolute Gasteiger partial charge is 0.508 e. The summed E-state index contributed by atoms with van der Waals surface area (Å²) in [4.78, 5) is 0.901. The Kier molecular flexibility index (Phi) is 4.13. The van der Waals surface area contributed by atoms with Crippen LogP contribution in [0.25, 0.3) is 0 Å². The molecule has 1 aliphatic carbocycles. The van der Waals surface area contributed by atoms with Gasteiger partial charge in [0.15, 0.2) is 0 Å². The Balaban J connectivity index is 1.90. The molecule has 16 heavy (non-hydrogen) atoms. The van der Waals surface area contributed by atoms with E-state index < -0.39 is 0 Å². The topological polar surface area (TPSA) is 32.3 Å². The number of aromatic hydroxyl groups is 1. The number of phenolic OH excluding ortho intramolecular Hbond substituents is 1. The van der Waals surface area contributed by atoms with E-state index in [0.717, 1.165) is 17.0 Å². The minimum absolute atomic E-state index is 0.362. The maximum atomic E-state index is 9.69. The molecular weight excluding hydrogens is 218 g/mol. The lowest BCUT2D eigenvalue weighted by molar-refractivity contribution is 0.368. The van der Waals surface area contributed by atoms with Crippen molar-refractivity contribution in [1.29, 1.82) is 0 Å². The van der Waals surface area contributed by atoms with Crippen LogP contribution in [0, 0.1) is 0 Å². The smallest absolute Gasteiger partial charge is 0.120 e. The van der Waals surface area contributed by atoms with Gasteiger partial charge in [0, 0.05) is 23.0 Å². The molecule has 0 spiro atoms. The number of rotatable bonds is 3. The second-order valence-corrected chi connectivity index (χ2v) is 5.05. The molecule has 3 heteroatoms. The van der Waals surface area contributed by atoms with Crippen LogP contribution in [0.5, 0.6) is 5.75 Å². The van der Waals surface area contributed by atoms with Gasteiger partial charge in [-0.1, -0.05) is 19.3 Å². The fourth-order valence-electron chi connectivity index (χ4n) is 2.27. The third kappa shape index (κ3) is 3.16. The van der Waals surface area contributed by atoms with Crippen LogP contribution in [0.2, 0.25) is 0 Å². The van der Waals surface area contributed by atoms with Gasteiger partial charge < -0.3 is 10.4 Å². The molecule has 1 saturated carbocycles. The van der Waals surface area contributed by atoms with Crippen molar-refractivity contribution >= 4 is 12.6 Å². The highest BCUT2D eigenvalue weighted by molar-refractivity contribution is 7.80. The van der Waals surface area contributed by atoms with Crippen LogP contribution in [0.1, 0.15) is 37.7 Å². The average molecular weight is 237 g/mol. The predicted molar refractivity (Wildman–Crippen MR) is 69.1 cm³/mol. The van der Waals surface area contributed by atoms with Crippen LogP contribution < -0.4 is 5.32 Å². The summed E-state index contributed by atoms with van der Waals surface area (Å²) in [5.74, 6) is 0.362. The van der Waals surface area contributed by atoms with E-state index in [1.165, 1.54) is 32.1 Å². The normalized spacial score (nSPS) is 17.6. The summed E-state index contributed by atoms with van der Waals surface area (Å²) in [5, 5.41) is 13.2. The van der Waals surface area contributed by atoms with Crippen molar-refractivity contribution in [3.8, 4) is 5.75 Å². The number of thiol groups is 1. The summed E-state index contributed by atoms with van der Waals surface area (Å²) in [6.07, 6.45) is 6.56. The molecule has 0 aromatic heterocycles. The average Bonchev–Trinajstić information content (AvgIpc) is 2.32. The molecule has 0 saturated heterocycles. The van der Waals surface area contributed by atoms with E-state index in [1.807, 2.05) is 12.1 Å². The summed E-state index contributed by atoms with van der Waals surface area (Å²) in [6.45, 7) is 0.741. The third-order valence-electron chi connectivity index (χ3n) is 3.25. The van der Waals surface area contributed by atoms with E-state index >= 15 is 0 Å². The van der Waals surface area contributed by atoms with Gasteiger partial charge in [-0.2, -0.15) is 0 Å². The summed E-state index contributed by atoms with van der Waals surface area (Å²) >= 11 is 4.28. The molecule has 2 rings (SSSR count). The molecule has 2 nitrogen and oxygen atoms in total. The van der Waals surface area contributed by atoms with Gasteiger partial charge >= 0.3 is 0 Å². The lowest BCUT2D eigenvalue weighted by Crippen LogP contribution is -2.30. The predicted octanol–water partition coefficient (Wildman–Crippen LogP) is 3.10. The van der Waals surface area contributed by atoms with Gasteiger partial charge in [-0.05, 0) is 31.0 Å². The highest BCUT2D eigenvalue weighted by atomic mass is 32.1. The second-order valence-electron chi connectivity index (χ2n) is 4.53. The fourth-order valence-corrected chi connectivity index (χ4v) is 2.50. The molecule has 2 N–H and O–H groups in total. The van der Waals surface area contributed by atoms with Crippen LogP contribution in [-0.4, -0.2) is 11.1 Å². The second kappa shape index (κ2) is 5.60. The minimum Gasteiger partial charge on any atom is -0.508 e. The van der Waals surface area contributed by atoms with E-state index in [9.17, 15) is 5.11 Å². The van der Waals surface area contributed by atoms with Crippen molar-refractivity contribution in [1.82, 2.24) is 5.32 Å². The first-order chi connectivity index (χ1) is 7.75. The highest BCUT2D eigenvalue weighted by Crippen LogP contribution is 2.22. The van der Waals surface area contributed by atoms with E-state index in [-0.39, 0.29) is 0 Å². The Morgan fingerprint density at radius 2 is 2.00 bits per heavy atom. The summed E-state index contributed by atoms with van der Waals surface area (Å²) in [6, 6.07) is 6.06. The summed E-state index contributed by atoms with van der Waals surface area (Å²) < 4.78 is 0. The summed E-state index contributed by atoms with van der Waals surface area (Å²) in [5.41, 5.74) is 0.943. The zero-order valence-corrected chi connectivity index (χ0v) is 10.3. The Labute approximate surface area is 102 Å². The molecular formula is C13H19NOS. The quantitative estimate of drug-likeness (QED) is 0.706. The molecule has 0 bridgehead atoms. The maximum Gasteiger partial charge on any atom is 0.120 e. The SMILES string of the molecule is Oc1ccc(S)cc1CNC1CCCCC1. The Morgan fingerprint density at radius 1 is 1.25 bits per heavy atom.